The first-order chi connectivity index (χ1) is 6.38. The summed E-state index contributed by atoms with van der Waals surface area (Å²) in [6.45, 7) is 1.95. The van der Waals surface area contributed by atoms with Crippen LogP contribution in [0.5, 0.6) is 0 Å². The third-order valence-corrected chi connectivity index (χ3v) is 1.81. The van der Waals surface area contributed by atoms with E-state index >= 15 is 0 Å². The Labute approximate surface area is 78.5 Å². The van der Waals surface area contributed by atoms with Gasteiger partial charge in [0, 0.05) is 6.20 Å². The van der Waals surface area contributed by atoms with Crippen LogP contribution >= 0.6 is 0 Å². The number of hydrogen-bond acceptors (Lipinski definition) is 2. The Morgan fingerprint density at radius 2 is 2.46 bits per heavy atom. The summed E-state index contributed by atoms with van der Waals surface area (Å²) in [7, 11) is 0. The average Bonchev–Trinajstić information content (AvgIpc) is 2.21. The highest BCUT2D eigenvalue weighted by Crippen LogP contribution is 2.16. The van der Waals surface area contributed by atoms with Crippen LogP contribution in [0.15, 0.2) is 36.5 Å². The number of rotatable bonds is 3. The van der Waals surface area contributed by atoms with E-state index in [0.29, 0.717) is 0 Å². The number of allylic oxidation sites excluding steroid dienone is 2. The summed E-state index contributed by atoms with van der Waals surface area (Å²) in [4.78, 5) is 4.15. The van der Waals surface area contributed by atoms with Crippen molar-refractivity contribution in [1.82, 2.24) is 4.98 Å². The maximum Gasteiger partial charge on any atom is 0.0918 e. The zero-order chi connectivity index (χ0) is 9.52. The number of hydrogen-bond donors (Lipinski definition) is 0. The molecule has 1 rings (SSSR count). The molecule has 0 aromatic carbocycles. The average molecular weight is 172 g/mol. The van der Waals surface area contributed by atoms with Gasteiger partial charge < -0.3 is 0 Å². The van der Waals surface area contributed by atoms with E-state index in [-0.39, 0.29) is 5.92 Å². The van der Waals surface area contributed by atoms with Crippen LogP contribution in [0.2, 0.25) is 0 Å². The molecule has 0 bridgehead atoms. The molecule has 2 nitrogen and oxygen atoms in total. The molecular formula is C11H12N2. The predicted octanol–water partition coefficient (Wildman–Crippen LogP) is 2.65. The standard InChI is InChI=1S/C11H12N2/c1-2-3-6-10(9-12)11-7-4-5-8-13-11/h2-5,7-8,10H,6H2,1H3. The van der Waals surface area contributed by atoms with Crippen LogP contribution in [0.25, 0.3) is 0 Å². The van der Waals surface area contributed by atoms with Gasteiger partial charge in [0.2, 0.25) is 0 Å². The maximum absolute atomic E-state index is 8.88. The lowest BCUT2D eigenvalue weighted by Gasteiger charge is -2.03. The Hall–Kier alpha value is -1.62. The van der Waals surface area contributed by atoms with Gasteiger partial charge in [-0.1, -0.05) is 18.2 Å². The third-order valence-electron chi connectivity index (χ3n) is 1.81. The molecule has 0 radical (unpaired) electrons. The first-order valence-electron chi connectivity index (χ1n) is 4.30. The Balaban J connectivity index is 2.74. The van der Waals surface area contributed by atoms with E-state index in [1.807, 2.05) is 37.3 Å². The molecule has 0 aliphatic carbocycles. The summed E-state index contributed by atoms with van der Waals surface area (Å²) in [6, 6.07) is 7.89. The van der Waals surface area contributed by atoms with Gasteiger partial charge in [0.15, 0.2) is 0 Å². The van der Waals surface area contributed by atoms with E-state index < -0.39 is 0 Å². The minimum Gasteiger partial charge on any atom is -0.260 e. The lowest BCUT2D eigenvalue weighted by Crippen LogP contribution is -1.96. The lowest BCUT2D eigenvalue weighted by atomic mass is 10.0. The first kappa shape index (κ1) is 9.47. The monoisotopic (exact) mass is 172 g/mol. The van der Waals surface area contributed by atoms with E-state index in [4.69, 9.17) is 5.26 Å². The third kappa shape index (κ3) is 2.72. The van der Waals surface area contributed by atoms with Gasteiger partial charge in [0.25, 0.3) is 0 Å². The molecule has 2 heteroatoms. The topological polar surface area (TPSA) is 36.7 Å². The van der Waals surface area contributed by atoms with Gasteiger partial charge in [0.05, 0.1) is 17.7 Å². The van der Waals surface area contributed by atoms with Crippen LogP contribution in [0, 0.1) is 11.3 Å². The Morgan fingerprint density at radius 1 is 1.62 bits per heavy atom. The van der Waals surface area contributed by atoms with Crippen LogP contribution in [0.4, 0.5) is 0 Å². The van der Waals surface area contributed by atoms with Crippen molar-refractivity contribution < 1.29 is 0 Å². The van der Waals surface area contributed by atoms with Gasteiger partial charge in [-0.15, -0.1) is 0 Å². The highest BCUT2D eigenvalue weighted by atomic mass is 14.7. The number of aromatic nitrogens is 1. The van der Waals surface area contributed by atoms with Crippen LogP contribution in [0.1, 0.15) is 25.0 Å². The van der Waals surface area contributed by atoms with Crippen molar-refractivity contribution in [2.24, 2.45) is 0 Å². The molecule has 0 fully saturated rings. The fourth-order valence-corrected chi connectivity index (χ4v) is 1.09. The molecule has 0 aliphatic rings. The zero-order valence-corrected chi connectivity index (χ0v) is 7.64. The molecule has 0 spiro atoms. The van der Waals surface area contributed by atoms with Crippen molar-refractivity contribution in [3.8, 4) is 6.07 Å². The Morgan fingerprint density at radius 3 is 3.00 bits per heavy atom. The quantitative estimate of drug-likeness (QED) is 0.657. The molecule has 1 unspecified atom stereocenters. The Kier molecular flexibility index (Phi) is 3.72. The normalized spacial score (nSPS) is 12.6. The van der Waals surface area contributed by atoms with E-state index in [2.05, 4.69) is 11.1 Å². The summed E-state index contributed by atoms with van der Waals surface area (Å²) < 4.78 is 0. The second-order valence-corrected chi connectivity index (χ2v) is 2.74. The zero-order valence-electron chi connectivity index (χ0n) is 7.64. The molecule has 0 aliphatic heterocycles. The summed E-state index contributed by atoms with van der Waals surface area (Å²) in [5.41, 5.74) is 0.850. The van der Waals surface area contributed by atoms with Gasteiger partial charge in [0.1, 0.15) is 0 Å². The molecule has 1 atom stereocenters. The number of pyridine rings is 1. The van der Waals surface area contributed by atoms with Gasteiger partial charge in [-0.05, 0) is 25.5 Å². The summed E-state index contributed by atoms with van der Waals surface area (Å²) in [5, 5.41) is 8.88. The highest BCUT2D eigenvalue weighted by Gasteiger charge is 2.08. The highest BCUT2D eigenvalue weighted by molar-refractivity contribution is 5.17. The second kappa shape index (κ2) is 5.10. The molecule has 1 aromatic heterocycles. The molecule has 13 heavy (non-hydrogen) atoms. The lowest BCUT2D eigenvalue weighted by molar-refractivity contribution is 0.836. The van der Waals surface area contributed by atoms with Crippen molar-refractivity contribution in [2.45, 2.75) is 19.3 Å². The van der Waals surface area contributed by atoms with Crippen LogP contribution in [0.3, 0.4) is 0 Å². The van der Waals surface area contributed by atoms with Crippen LogP contribution in [-0.2, 0) is 0 Å². The van der Waals surface area contributed by atoms with E-state index in [1.165, 1.54) is 0 Å². The van der Waals surface area contributed by atoms with Gasteiger partial charge in [-0.25, -0.2) is 0 Å². The summed E-state index contributed by atoms with van der Waals surface area (Å²) in [6.07, 6.45) is 6.40. The fourth-order valence-electron chi connectivity index (χ4n) is 1.09. The minimum absolute atomic E-state index is 0.114. The van der Waals surface area contributed by atoms with Crippen molar-refractivity contribution >= 4 is 0 Å². The predicted molar refractivity (Wildman–Crippen MR) is 52.0 cm³/mol. The molecule has 0 saturated carbocycles. The van der Waals surface area contributed by atoms with E-state index in [9.17, 15) is 0 Å². The van der Waals surface area contributed by atoms with E-state index in [0.717, 1.165) is 12.1 Å². The van der Waals surface area contributed by atoms with Gasteiger partial charge in [-0.2, -0.15) is 5.26 Å². The fraction of sp³-hybridized carbons (Fsp3) is 0.273. The smallest absolute Gasteiger partial charge is 0.0918 e. The molecule has 0 amide bonds. The van der Waals surface area contributed by atoms with E-state index in [1.54, 1.807) is 6.20 Å². The van der Waals surface area contributed by atoms with Crippen molar-refractivity contribution in [1.29, 1.82) is 5.26 Å². The largest absolute Gasteiger partial charge is 0.260 e. The van der Waals surface area contributed by atoms with Crippen molar-refractivity contribution in [3.63, 3.8) is 0 Å². The van der Waals surface area contributed by atoms with Gasteiger partial charge >= 0.3 is 0 Å². The summed E-state index contributed by atoms with van der Waals surface area (Å²) in [5.74, 6) is -0.114. The van der Waals surface area contributed by atoms with Crippen LogP contribution in [-0.4, -0.2) is 4.98 Å². The molecule has 1 aromatic rings. The maximum atomic E-state index is 8.88. The number of nitrogens with zero attached hydrogens (tertiary/aromatic N) is 2. The molecular weight excluding hydrogens is 160 g/mol. The van der Waals surface area contributed by atoms with Crippen molar-refractivity contribution in [2.75, 3.05) is 0 Å². The van der Waals surface area contributed by atoms with Gasteiger partial charge in [-0.3, -0.25) is 4.98 Å². The second-order valence-electron chi connectivity index (χ2n) is 2.74. The minimum atomic E-state index is -0.114. The molecule has 66 valence electrons. The summed E-state index contributed by atoms with van der Waals surface area (Å²) >= 11 is 0. The Bertz CT molecular complexity index is 309. The number of nitriles is 1. The SMILES string of the molecule is CC=CCC(C#N)c1ccccn1. The van der Waals surface area contributed by atoms with Crippen molar-refractivity contribution in [3.05, 3.63) is 42.2 Å². The molecule has 1 heterocycles. The first-order valence-corrected chi connectivity index (χ1v) is 4.30. The molecule has 0 saturated heterocycles. The molecule has 0 N–H and O–H groups in total. The van der Waals surface area contributed by atoms with Crippen LogP contribution < -0.4 is 0 Å².